The van der Waals surface area contributed by atoms with Crippen molar-refractivity contribution in [2.75, 3.05) is 11.5 Å². The molecule has 0 aromatic heterocycles. The van der Waals surface area contributed by atoms with Gasteiger partial charge in [0.2, 0.25) is 0 Å². The van der Waals surface area contributed by atoms with Crippen LogP contribution in [0.4, 0.5) is 0 Å². The predicted octanol–water partition coefficient (Wildman–Crippen LogP) is 1.22. The molecule has 1 aliphatic rings. The molecule has 1 rings (SSSR count). The molecule has 2 atom stereocenters. The summed E-state index contributed by atoms with van der Waals surface area (Å²) in [5.74, 6) is 2.21. The van der Waals surface area contributed by atoms with E-state index in [1.165, 1.54) is 4.22 Å². The normalized spacial score (nSPS) is 35.3. The molecule has 54 valence electrons. The molecule has 0 aromatic carbocycles. The van der Waals surface area contributed by atoms with Crippen LogP contribution in [-0.2, 0) is 0 Å². The van der Waals surface area contributed by atoms with Gasteiger partial charge in [-0.3, -0.25) is 0 Å². The van der Waals surface area contributed by atoms with Crippen LogP contribution in [0.5, 0.6) is 0 Å². The van der Waals surface area contributed by atoms with Crippen molar-refractivity contribution in [3.63, 3.8) is 0 Å². The number of rotatable bonds is 2. The first-order chi connectivity index (χ1) is 4.38. The van der Waals surface area contributed by atoms with Crippen molar-refractivity contribution < 1.29 is 0 Å². The van der Waals surface area contributed by atoms with Crippen LogP contribution in [0, 0.1) is 0 Å². The fourth-order valence-electron chi connectivity index (χ4n) is 0.769. The summed E-state index contributed by atoms with van der Waals surface area (Å²) in [5.41, 5.74) is 0. The molecule has 1 aliphatic heterocycles. The van der Waals surface area contributed by atoms with E-state index < -0.39 is 0 Å². The molecule has 4 heteroatoms. The monoisotopic (exact) mass is 294 g/mol. The zero-order valence-corrected chi connectivity index (χ0v) is 10.2. The van der Waals surface area contributed by atoms with Crippen LogP contribution in [0.25, 0.3) is 0 Å². The summed E-state index contributed by atoms with van der Waals surface area (Å²) in [6, 6.07) is 0. The van der Waals surface area contributed by atoms with E-state index in [1.807, 2.05) is 0 Å². The second-order valence-corrected chi connectivity index (χ2v) is 9.63. The van der Waals surface area contributed by atoms with Crippen molar-refractivity contribution in [2.45, 2.75) is 13.9 Å². The molecular formula is C5H10S2Se2. The molecule has 9 heavy (non-hydrogen) atoms. The van der Waals surface area contributed by atoms with E-state index in [0.29, 0.717) is 0 Å². The van der Waals surface area contributed by atoms with Crippen molar-refractivity contribution in [1.82, 2.24) is 0 Å². The fraction of sp³-hybridized carbons (Fsp3) is 1.00. The van der Waals surface area contributed by atoms with Crippen molar-refractivity contribution in [3.05, 3.63) is 0 Å². The molecule has 0 amide bonds. The van der Waals surface area contributed by atoms with Crippen LogP contribution >= 0.6 is 25.3 Å². The topological polar surface area (TPSA) is 0 Å². The third kappa shape index (κ3) is 2.35. The Labute approximate surface area is 80.1 Å². The number of hydrogen-bond acceptors (Lipinski definition) is 2. The van der Waals surface area contributed by atoms with Crippen LogP contribution < -0.4 is 0 Å². The molecule has 0 radical (unpaired) electrons. The maximum absolute atomic E-state index is 4.32. The third-order valence-electron chi connectivity index (χ3n) is 1.34. The van der Waals surface area contributed by atoms with E-state index in [0.717, 1.165) is 51.1 Å². The summed E-state index contributed by atoms with van der Waals surface area (Å²) in [5, 5.41) is 0. The first kappa shape index (κ1) is 8.83. The SMILES string of the molecule is SCC1[Se]C[Se]C1CS. The van der Waals surface area contributed by atoms with Gasteiger partial charge in [0.1, 0.15) is 0 Å². The van der Waals surface area contributed by atoms with Gasteiger partial charge in [-0.2, -0.15) is 0 Å². The molecule has 1 fully saturated rings. The Bertz CT molecular complexity index is 79.0. The van der Waals surface area contributed by atoms with Crippen LogP contribution in [0.1, 0.15) is 0 Å². The van der Waals surface area contributed by atoms with E-state index >= 15 is 0 Å². The Balaban J connectivity index is 2.32. The first-order valence-corrected chi connectivity index (χ1v) is 8.50. The van der Waals surface area contributed by atoms with Crippen LogP contribution in [0.15, 0.2) is 0 Å². The Morgan fingerprint density at radius 1 is 1.11 bits per heavy atom. The van der Waals surface area contributed by atoms with E-state index in [-0.39, 0.29) is 0 Å². The summed E-state index contributed by atoms with van der Waals surface area (Å²) in [7, 11) is 0. The van der Waals surface area contributed by atoms with Gasteiger partial charge in [0.25, 0.3) is 0 Å². The number of hydrogen-bond donors (Lipinski definition) is 2. The second kappa shape index (κ2) is 4.58. The van der Waals surface area contributed by atoms with E-state index in [9.17, 15) is 0 Å². The minimum atomic E-state index is 0.912. The molecule has 1 heterocycles. The van der Waals surface area contributed by atoms with Crippen LogP contribution in [0.2, 0.25) is 13.9 Å². The molecule has 1 saturated heterocycles. The van der Waals surface area contributed by atoms with Crippen molar-refractivity contribution in [1.29, 1.82) is 0 Å². The summed E-state index contributed by atoms with van der Waals surface area (Å²) >= 11 is 10.5. The summed E-state index contributed by atoms with van der Waals surface area (Å²) in [6.07, 6.45) is 0. The standard InChI is InChI=1S/C5H10S2Se2/c6-1-4-5(2-7)9-3-8-4/h4-7H,1-3H2. The van der Waals surface area contributed by atoms with Gasteiger partial charge in [0.05, 0.1) is 0 Å². The molecule has 0 aliphatic carbocycles. The minimum absolute atomic E-state index is 0.912. The van der Waals surface area contributed by atoms with Crippen molar-refractivity contribution >= 4 is 55.2 Å². The molecule has 0 bridgehead atoms. The van der Waals surface area contributed by atoms with Gasteiger partial charge in [0.15, 0.2) is 0 Å². The fourth-order valence-corrected chi connectivity index (χ4v) is 12.0. The Hall–Kier alpha value is 1.74. The molecule has 0 spiro atoms. The Morgan fingerprint density at radius 3 is 1.89 bits per heavy atom. The Morgan fingerprint density at radius 2 is 1.56 bits per heavy atom. The average molecular weight is 292 g/mol. The predicted molar refractivity (Wildman–Crippen MR) is 51.5 cm³/mol. The van der Waals surface area contributed by atoms with Gasteiger partial charge in [0, 0.05) is 0 Å². The second-order valence-electron chi connectivity index (χ2n) is 1.89. The van der Waals surface area contributed by atoms with Gasteiger partial charge in [-0.25, -0.2) is 0 Å². The molecule has 0 N–H and O–H groups in total. The molecule has 2 unspecified atom stereocenters. The van der Waals surface area contributed by atoms with Crippen LogP contribution in [-0.4, -0.2) is 41.4 Å². The zero-order chi connectivity index (χ0) is 6.69. The van der Waals surface area contributed by atoms with Gasteiger partial charge >= 0.3 is 80.5 Å². The summed E-state index contributed by atoms with van der Waals surface area (Å²) in [6.45, 7) is 0. The maximum atomic E-state index is 4.32. The van der Waals surface area contributed by atoms with Crippen molar-refractivity contribution in [2.24, 2.45) is 0 Å². The van der Waals surface area contributed by atoms with Crippen LogP contribution in [0.3, 0.4) is 0 Å². The zero-order valence-electron chi connectivity index (χ0n) is 4.99. The number of thiol groups is 2. The van der Waals surface area contributed by atoms with E-state index in [1.54, 1.807) is 0 Å². The first-order valence-electron chi connectivity index (χ1n) is 2.83. The third-order valence-corrected chi connectivity index (χ3v) is 11.5. The average Bonchev–Trinajstić information content (AvgIpc) is 2.33. The van der Waals surface area contributed by atoms with Gasteiger partial charge in [-0.1, -0.05) is 0 Å². The van der Waals surface area contributed by atoms with E-state index in [2.05, 4.69) is 25.3 Å². The van der Waals surface area contributed by atoms with Crippen molar-refractivity contribution in [3.8, 4) is 0 Å². The quantitative estimate of drug-likeness (QED) is 0.555. The molecule has 0 saturated carbocycles. The van der Waals surface area contributed by atoms with Gasteiger partial charge in [-0.05, 0) is 0 Å². The Kier molecular flexibility index (Phi) is 4.50. The summed E-state index contributed by atoms with van der Waals surface area (Å²) < 4.78 is 1.52. The van der Waals surface area contributed by atoms with Gasteiger partial charge < -0.3 is 0 Å². The molecule has 0 nitrogen and oxygen atoms in total. The molecular weight excluding hydrogens is 282 g/mol. The molecule has 0 aromatic rings. The van der Waals surface area contributed by atoms with E-state index in [4.69, 9.17) is 0 Å². The summed E-state index contributed by atoms with van der Waals surface area (Å²) in [4.78, 5) is 1.91. The van der Waals surface area contributed by atoms with Gasteiger partial charge in [-0.15, -0.1) is 0 Å².